The third-order valence-electron chi connectivity index (χ3n) is 3.67. The monoisotopic (exact) mass is 465 g/mol. The van der Waals surface area contributed by atoms with Crippen LogP contribution >= 0.6 is 24.0 Å². The maximum atomic E-state index is 11.8. The van der Waals surface area contributed by atoms with E-state index >= 15 is 0 Å². The number of nitrogens with zero attached hydrogens (tertiary/aromatic N) is 5. The third kappa shape index (κ3) is 7.14. The second-order valence-electron chi connectivity index (χ2n) is 6.12. The maximum absolute atomic E-state index is 11.8. The van der Waals surface area contributed by atoms with Gasteiger partial charge in [-0.1, -0.05) is 5.16 Å². The van der Waals surface area contributed by atoms with E-state index in [0.717, 1.165) is 32.1 Å². The summed E-state index contributed by atoms with van der Waals surface area (Å²) in [5.41, 5.74) is 0. The number of hydrogen-bond donors (Lipinski definition) is 2. The molecular weight excluding hydrogens is 437 g/mol. The third-order valence-corrected chi connectivity index (χ3v) is 3.67. The molecule has 1 amide bonds. The number of aliphatic imine (C=N–C) groups is 1. The quantitative estimate of drug-likeness (QED) is 0.365. The molecule has 2 rings (SSSR count). The van der Waals surface area contributed by atoms with Gasteiger partial charge in [0.2, 0.25) is 11.8 Å². The highest BCUT2D eigenvalue weighted by atomic mass is 127. The van der Waals surface area contributed by atoms with Crippen LogP contribution in [-0.2, 0) is 11.3 Å². The van der Waals surface area contributed by atoms with Crippen molar-refractivity contribution in [3.63, 3.8) is 0 Å². The lowest BCUT2D eigenvalue weighted by molar-refractivity contribution is -0.123. The minimum atomic E-state index is 0. The van der Waals surface area contributed by atoms with E-state index in [0.29, 0.717) is 24.8 Å². The van der Waals surface area contributed by atoms with Gasteiger partial charge in [0.05, 0.1) is 13.1 Å². The summed E-state index contributed by atoms with van der Waals surface area (Å²) in [6, 6.07) is 0.176. The second-order valence-corrected chi connectivity index (χ2v) is 6.12. The highest BCUT2D eigenvalue weighted by Crippen LogP contribution is 2.03. The van der Waals surface area contributed by atoms with Crippen molar-refractivity contribution in [2.45, 2.75) is 33.4 Å². The molecule has 1 saturated heterocycles. The predicted molar refractivity (Wildman–Crippen MR) is 106 cm³/mol. The number of aryl methyl sites for hydroxylation is 1. The number of piperazine rings is 1. The minimum Gasteiger partial charge on any atom is -0.353 e. The van der Waals surface area contributed by atoms with E-state index in [9.17, 15) is 4.79 Å². The van der Waals surface area contributed by atoms with E-state index in [4.69, 9.17) is 4.52 Å². The minimum absolute atomic E-state index is 0. The molecule has 0 radical (unpaired) electrons. The molecule has 0 spiro atoms. The molecular formula is C15H28IN7O2. The molecule has 1 aliphatic rings. The van der Waals surface area contributed by atoms with Crippen molar-refractivity contribution < 1.29 is 9.32 Å². The van der Waals surface area contributed by atoms with Gasteiger partial charge in [0.25, 0.3) is 0 Å². The lowest BCUT2D eigenvalue weighted by Gasteiger charge is -2.36. The number of amides is 1. The molecule has 0 bridgehead atoms. The SMILES string of the molecule is CN=C(NCc1noc(C)n1)N1CCN(CC(=O)NC(C)C)CC1.I. The van der Waals surface area contributed by atoms with Crippen LogP contribution in [0.15, 0.2) is 9.52 Å². The predicted octanol–water partition coefficient (Wildman–Crippen LogP) is 0.214. The Kier molecular flexibility index (Phi) is 9.11. The molecule has 0 atom stereocenters. The van der Waals surface area contributed by atoms with Crippen LogP contribution in [0.4, 0.5) is 0 Å². The van der Waals surface area contributed by atoms with Crippen LogP contribution in [0.3, 0.4) is 0 Å². The molecule has 0 saturated carbocycles. The molecule has 25 heavy (non-hydrogen) atoms. The van der Waals surface area contributed by atoms with Gasteiger partial charge in [0.15, 0.2) is 11.8 Å². The first-order valence-corrected chi connectivity index (χ1v) is 8.24. The summed E-state index contributed by atoms with van der Waals surface area (Å²) in [6.07, 6.45) is 0. The van der Waals surface area contributed by atoms with E-state index in [1.807, 2.05) is 13.8 Å². The van der Waals surface area contributed by atoms with E-state index in [1.165, 1.54) is 0 Å². The molecule has 1 aromatic rings. The van der Waals surface area contributed by atoms with Crippen LogP contribution in [0.2, 0.25) is 0 Å². The van der Waals surface area contributed by atoms with Gasteiger partial charge in [-0.2, -0.15) is 4.98 Å². The summed E-state index contributed by atoms with van der Waals surface area (Å²) >= 11 is 0. The Balaban J connectivity index is 0.00000312. The molecule has 2 N–H and O–H groups in total. The summed E-state index contributed by atoms with van der Waals surface area (Å²) in [4.78, 5) is 24.6. The van der Waals surface area contributed by atoms with Crippen LogP contribution in [0.25, 0.3) is 0 Å². The molecule has 9 nitrogen and oxygen atoms in total. The molecule has 10 heteroatoms. The van der Waals surface area contributed by atoms with Crippen molar-refractivity contribution in [3.8, 4) is 0 Å². The summed E-state index contributed by atoms with van der Waals surface area (Å²) in [7, 11) is 1.76. The van der Waals surface area contributed by atoms with E-state index in [2.05, 4.69) is 35.6 Å². The first-order valence-electron chi connectivity index (χ1n) is 8.24. The van der Waals surface area contributed by atoms with Gasteiger partial charge in [-0.3, -0.25) is 14.7 Å². The lowest BCUT2D eigenvalue weighted by atomic mass is 10.3. The normalized spacial score (nSPS) is 15.9. The molecule has 1 aliphatic heterocycles. The van der Waals surface area contributed by atoms with Gasteiger partial charge in [-0.25, -0.2) is 0 Å². The Morgan fingerprint density at radius 2 is 2.00 bits per heavy atom. The second kappa shape index (κ2) is 10.5. The zero-order chi connectivity index (χ0) is 17.5. The van der Waals surface area contributed by atoms with Gasteiger partial charge in [-0.15, -0.1) is 24.0 Å². The number of carbonyl (C=O) groups excluding carboxylic acids is 1. The summed E-state index contributed by atoms with van der Waals surface area (Å²) in [6.45, 7) is 9.91. The molecule has 2 heterocycles. The topological polar surface area (TPSA) is 98.9 Å². The average Bonchev–Trinajstić information content (AvgIpc) is 2.94. The van der Waals surface area contributed by atoms with Crippen molar-refractivity contribution in [1.82, 2.24) is 30.6 Å². The first kappa shape index (κ1) is 21.6. The Hall–Kier alpha value is -1.43. The molecule has 0 aliphatic carbocycles. The number of guanidine groups is 1. The van der Waals surface area contributed by atoms with Gasteiger partial charge >= 0.3 is 0 Å². The summed E-state index contributed by atoms with van der Waals surface area (Å²) in [5, 5.41) is 10.0. The van der Waals surface area contributed by atoms with Gasteiger partial charge in [0.1, 0.15) is 0 Å². The Bertz CT molecular complexity index is 568. The average molecular weight is 465 g/mol. The standard InChI is InChI=1S/C15H27N7O2.HI/c1-11(2)18-14(23)10-21-5-7-22(8-6-21)15(16-4)17-9-13-19-12(3)24-20-13;/h11H,5-10H2,1-4H3,(H,16,17)(H,18,23);1H. The highest BCUT2D eigenvalue weighted by molar-refractivity contribution is 14.0. The first-order chi connectivity index (χ1) is 11.5. The van der Waals surface area contributed by atoms with Crippen molar-refractivity contribution in [2.24, 2.45) is 4.99 Å². The van der Waals surface area contributed by atoms with Gasteiger partial charge in [0, 0.05) is 46.2 Å². The number of hydrogen-bond acceptors (Lipinski definition) is 6. The number of rotatable bonds is 5. The Morgan fingerprint density at radius 3 is 2.52 bits per heavy atom. The van der Waals surface area contributed by atoms with Crippen LogP contribution in [0, 0.1) is 6.92 Å². The largest absolute Gasteiger partial charge is 0.353 e. The van der Waals surface area contributed by atoms with Crippen molar-refractivity contribution in [1.29, 1.82) is 0 Å². The zero-order valence-electron chi connectivity index (χ0n) is 15.3. The number of carbonyl (C=O) groups is 1. The van der Waals surface area contributed by atoms with E-state index in [1.54, 1.807) is 14.0 Å². The fourth-order valence-corrected chi connectivity index (χ4v) is 2.59. The smallest absolute Gasteiger partial charge is 0.234 e. The number of aromatic nitrogens is 2. The summed E-state index contributed by atoms with van der Waals surface area (Å²) in [5.74, 6) is 2.05. The van der Waals surface area contributed by atoms with Gasteiger partial charge < -0.3 is 20.1 Å². The van der Waals surface area contributed by atoms with Crippen LogP contribution in [0.1, 0.15) is 25.6 Å². The fourth-order valence-electron chi connectivity index (χ4n) is 2.59. The Labute approximate surface area is 165 Å². The van der Waals surface area contributed by atoms with E-state index in [-0.39, 0.29) is 35.9 Å². The number of halogens is 1. The zero-order valence-corrected chi connectivity index (χ0v) is 17.6. The molecule has 0 aromatic carbocycles. The lowest BCUT2D eigenvalue weighted by Crippen LogP contribution is -2.54. The van der Waals surface area contributed by atoms with Crippen LogP contribution in [-0.4, -0.2) is 77.6 Å². The van der Waals surface area contributed by atoms with Crippen molar-refractivity contribution in [3.05, 3.63) is 11.7 Å². The van der Waals surface area contributed by atoms with Crippen LogP contribution < -0.4 is 10.6 Å². The highest BCUT2D eigenvalue weighted by Gasteiger charge is 2.21. The van der Waals surface area contributed by atoms with Crippen LogP contribution in [0.5, 0.6) is 0 Å². The van der Waals surface area contributed by atoms with Crippen molar-refractivity contribution in [2.75, 3.05) is 39.8 Å². The number of nitrogens with one attached hydrogen (secondary N) is 2. The summed E-state index contributed by atoms with van der Waals surface area (Å²) < 4.78 is 4.96. The van der Waals surface area contributed by atoms with Gasteiger partial charge in [-0.05, 0) is 13.8 Å². The maximum Gasteiger partial charge on any atom is 0.234 e. The fraction of sp³-hybridized carbons (Fsp3) is 0.733. The van der Waals surface area contributed by atoms with Crippen molar-refractivity contribution >= 4 is 35.8 Å². The molecule has 1 aromatic heterocycles. The van der Waals surface area contributed by atoms with E-state index < -0.39 is 0 Å². The molecule has 1 fully saturated rings. The molecule has 142 valence electrons. The Morgan fingerprint density at radius 1 is 1.32 bits per heavy atom. The molecule has 0 unspecified atom stereocenters.